The van der Waals surface area contributed by atoms with Gasteiger partial charge < -0.3 is 4.52 Å². The Hall–Kier alpha value is -2.77. The second kappa shape index (κ2) is 5.94. The van der Waals surface area contributed by atoms with Crippen LogP contribution in [0.4, 0.5) is 4.39 Å². The number of aromatic nitrogens is 4. The quantitative estimate of drug-likeness (QED) is 0.729. The second-order valence-electron chi connectivity index (χ2n) is 6.24. The molecule has 0 N–H and O–H groups in total. The number of Topliss-reactive ketones (excluding diaryl/α,β-unsaturated/α-hetero) is 1. The van der Waals surface area contributed by atoms with Gasteiger partial charge in [-0.3, -0.25) is 9.36 Å². The lowest BCUT2D eigenvalue weighted by atomic mass is 9.88. The molecule has 130 valence electrons. The lowest BCUT2D eigenvalue weighted by Crippen LogP contribution is -2.23. The highest BCUT2D eigenvalue weighted by Gasteiger charge is 2.26. The van der Waals surface area contributed by atoms with E-state index in [4.69, 9.17) is 4.52 Å². The monoisotopic (exact) mass is 344 g/mol. The predicted octanol–water partition coefficient (Wildman–Crippen LogP) is 2.56. The third kappa shape index (κ3) is 2.57. The topological polar surface area (TPSA) is 82.9 Å². The number of ketones is 1. The van der Waals surface area contributed by atoms with Gasteiger partial charge in [-0.1, -0.05) is 0 Å². The molecule has 0 radical (unpaired) electrons. The molecule has 4 rings (SSSR count). The smallest absolute Gasteiger partial charge is 0.336 e. The van der Waals surface area contributed by atoms with Gasteiger partial charge in [-0.15, -0.1) is 0 Å². The van der Waals surface area contributed by atoms with Crippen LogP contribution in [0, 0.1) is 5.82 Å². The number of hydrogen-bond donors (Lipinski definition) is 0. The maximum Gasteiger partial charge on any atom is 0.336 e. The fraction of sp³-hybridized carbons (Fsp3) is 0.412. The van der Waals surface area contributed by atoms with Crippen molar-refractivity contribution in [2.24, 2.45) is 0 Å². The first-order chi connectivity index (χ1) is 12.1. The van der Waals surface area contributed by atoms with E-state index >= 15 is 0 Å². The zero-order valence-electron chi connectivity index (χ0n) is 13.7. The molecule has 0 bridgehead atoms. The molecule has 1 aliphatic carbocycles. The van der Waals surface area contributed by atoms with Gasteiger partial charge in [0.2, 0.25) is 5.89 Å². The minimum Gasteiger partial charge on any atom is -0.337 e. The highest BCUT2D eigenvalue weighted by molar-refractivity contribution is 5.79. The number of carbonyl (C=O) groups is 1. The molecular weight excluding hydrogens is 327 g/mol. The summed E-state index contributed by atoms with van der Waals surface area (Å²) in [6, 6.07) is 4.18. The Bertz CT molecular complexity index is 1010. The average molecular weight is 344 g/mol. The summed E-state index contributed by atoms with van der Waals surface area (Å²) in [4.78, 5) is 28.4. The Morgan fingerprint density at radius 3 is 2.72 bits per heavy atom. The molecule has 1 aliphatic rings. The fourth-order valence-corrected chi connectivity index (χ4v) is 3.40. The molecular formula is C17H17FN4O3. The van der Waals surface area contributed by atoms with Crippen LogP contribution < -0.4 is 5.69 Å². The Morgan fingerprint density at radius 2 is 2.00 bits per heavy atom. The molecule has 1 saturated carbocycles. The van der Waals surface area contributed by atoms with Crippen LogP contribution in [0.2, 0.25) is 0 Å². The molecule has 0 aliphatic heterocycles. The van der Waals surface area contributed by atoms with E-state index in [2.05, 4.69) is 10.1 Å². The first-order valence-electron chi connectivity index (χ1n) is 8.35. The van der Waals surface area contributed by atoms with Gasteiger partial charge in [0.15, 0.2) is 0 Å². The van der Waals surface area contributed by atoms with Crippen molar-refractivity contribution >= 4 is 16.8 Å². The van der Waals surface area contributed by atoms with Crippen LogP contribution in [0.15, 0.2) is 27.5 Å². The van der Waals surface area contributed by atoms with Crippen LogP contribution in [0.5, 0.6) is 0 Å². The first kappa shape index (κ1) is 15.7. The number of halogens is 1. The largest absolute Gasteiger partial charge is 0.337 e. The third-order valence-corrected chi connectivity index (χ3v) is 4.73. The van der Waals surface area contributed by atoms with Crippen molar-refractivity contribution in [1.82, 2.24) is 19.3 Å². The summed E-state index contributed by atoms with van der Waals surface area (Å²) in [7, 11) is 0. The third-order valence-electron chi connectivity index (χ3n) is 4.73. The Balaban J connectivity index is 1.80. The summed E-state index contributed by atoms with van der Waals surface area (Å²) < 4.78 is 21.8. The van der Waals surface area contributed by atoms with Crippen molar-refractivity contribution in [1.29, 1.82) is 0 Å². The molecule has 25 heavy (non-hydrogen) atoms. The van der Waals surface area contributed by atoms with Gasteiger partial charge >= 0.3 is 5.69 Å². The van der Waals surface area contributed by atoms with Crippen molar-refractivity contribution in [2.75, 3.05) is 0 Å². The van der Waals surface area contributed by atoms with Gasteiger partial charge in [0.1, 0.15) is 11.6 Å². The summed E-state index contributed by atoms with van der Waals surface area (Å²) >= 11 is 0. The van der Waals surface area contributed by atoms with E-state index < -0.39 is 5.82 Å². The maximum atomic E-state index is 13.7. The molecule has 0 atom stereocenters. The number of carbonyl (C=O) groups excluding carboxylic acids is 1. The highest BCUT2D eigenvalue weighted by atomic mass is 19.1. The van der Waals surface area contributed by atoms with E-state index in [0.717, 1.165) is 0 Å². The number of rotatable bonds is 3. The summed E-state index contributed by atoms with van der Waals surface area (Å²) in [5.74, 6) is 0.339. The molecule has 2 aromatic heterocycles. The molecule has 0 unspecified atom stereocenters. The first-order valence-corrected chi connectivity index (χ1v) is 8.35. The number of aryl methyl sites for hydroxylation is 1. The summed E-state index contributed by atoms with van der Waals surface area (Å²) in [6.45, 7) is 2.29. The van der Waals surface area contributed by atoms with Gasteiger partial charge in [0, 0.05) is 31.4 Å². The molecule has 8 heteroatoms. The number of fused-ring (bicyclic) bond motifs is 1. The van der Waals surface area contributed by atoms with Crippen molar-refractivity contribution in [3.63, 3.8) is 0 Å². The number of imidazole rings is 1. The van der Waals surface area contributed by atoms with Gasteiger partial charge in [-0.05, 0) is 37.1 Å². The van der Waals surface area contributed by atoms with Crippen molar-refractivity contribution in [3.8, 4) is 5.95 Å². The fourth-order valence-electron chi connectivity index (χ4n) is 3.40. The van der Waals surface area contributed by atoms with E-state index in [1.165, 1.54) is 21.3 Å². The van der Waals surface area contributed by atoms with Gasteiger partial charge in [0.05, 0.1) is 11.0 Å². The van der Waals surface area contributed by atoms with Crippen LogP contribution >= 0.6 is 0 Å². The van der Waals surface area contributed by atoms with Gasteiger partial charge in [-0.25, -0.2) is 13.8 Å². The molecule has 1 fully saturated rings. The lowest BCUT2D eigenvalue weighted by molar-refractivity contribution is -0.120. The van der Waals surface area contributed by atoms with Gasteiger partial charge in [-0.2, -0.15) is 4.98 Å². The molecule has 0 amide bonds. The van der Waals surface area contributed by atoms with Crippen LogP contribution in [0.3, 0.4) is 0 Å². The van der Waals surface area contributed by atoms with E-state index in [9.17, 15) is 14.0 Å². The van der Waals surface area contributed by atoms with E-state index in [-0.39, 0.29) is 23.3 Å². The van der Waals surface area contributed by atoms with Gasteiger partial charge in [0.25, 0.3) is 5.95 Å². The zero-order valence-corrected chi connectivity index (χ0v) is 13.7. The molecule has 1 aromatic carbocycles. The van der Waals surface area contributed by atoms with E-state index in [0.29, 0.717) is 49.2 Å². The Labute approximate surface area is 142 Å². The van der Waals surface area contributed by atoms with Crippen molar-refractivity contribution in [3.05, 3.63) is 40.4 Å². The van der Waals surface area contributed by atoms with E-state index in [1.54, 1.807) is 6.07 Å². The van der Waals surface area contributed by atoms with Crippen LogP contribution in [0.1, 0.15) is 44.4 Å². The highest BCUT2D eigenvalue weighted by Crippen LogP contribution is 2.30. The van der Waals surface area contributed by atoms with Crippen LogP contribution in [-0.2, 0) is 11.3 Å². The van der Waals surface area contributed by atoms with Crippen LogP contribution in [0.25, 0.3) is 17.0 Å². The Kier molecular flexibility index (Phi) is 3.74. The number of hydrogen-bond acceptors (Lipinski definition) is 5. The average Bonchev–Trinajstić information content (AvgIpc) is 3.17. The summed E-state index contributed by atoms with van der Waals surface area (Å²) in [5, 5.41) is 3.93. The number of benzene rings is 1. The molecule has 7 nitrogen and oxygen atoms in total. The molecule has 0 saturated heterocycles. The van der Waals surface area contributed by atoms with E-state index in [1.807, 2.05) is 6.92 Å². The minimum atomic E-state index is -0.441. The normalized spacial score (nSPS) is 16.0. The minimum absolute atomic E-state index is 0.0194. The second-order valence-corrected chi connectivity index (χ2v) is 6.24. The maximum absolute atomic E-state index is 13.7. The molecule has 0 spiro atoms. The van der Waals surface area contributed by atoms with Crippen LogP contribution in [-0.4, -0.2) is 25.1 Å². The standard InChI is InChI=1S/C17H17FN4O3/c1-2-21-13-8-5-11(18)9-14(13)22(17(21)24)16-19-15(25-20-16)10-3-6-12(23)7-4-10/h5,8-10H,2-4,6-7H2,1H3. The predicted molar refractivity (Wildman–Crippen MR) is 87.2 cm³/mol. The molecule has 2 heterocycles. The van der Waals surface area contributed by atoms with Crippen molar-refractivity contribution < 1.29 is 13.7 Å². The van der Waals surface area contributed by atoms with Crippen molar-refractivity contribution in [2.45, 2.75) is 45.1 Å². The SMILES string of the molecule is CCn1c(=O)n(-c2noc(C3CCC(=O)CC3)n2)c2cc(F)ccc21. The zero-order chi connectivity index (χ0) is 17.6. The Morgan fingerprint density at radius 1 is 1.24 bits per heavy atom. The lowest BCUT2D eigenvalue weighted by Gasteiger charge is -2.16. The summed E-state index contributed by atoms with van der Waals surface area (Å²) in [6.07, 6.45) is 2.34. The molecule has 3 aromatic rings. The summed E-state index contributed by atoms with van der Waals surface area (Å²) in [5.41, 5.74) is 0.677. The number of nitrogens with zero attached hydrogens (tertiary/aromatic N) is 4.